The van der Waals surface area contributed by atoms with E-state index in [2.05, 4.69) is 16.9 Å². The molecule has 0 saturated carbocycles. The van der Waals surface area contributed by atoms with Gasteiger partial charge in [-0.15, -0.1) is 0 Å². The van der Waals surface area contributed by atoms with Crippen molar-refractivity contribution < 1.29 is 9.53 Å². The molecule has 4 heteroatoms. The molecule has 0 radical (unpaired) electrons. The fraction of sp³-hybridized carbons (Fsp3) is 0.625. The number of carbonyl (C=O) groups is 1. The van der Waals surface area contributed by atoms with Crippen LogP contribution < -0.4 is 4.74 Å². The van der Waals surface area contributed by atoms with Crippen LogP contribution >= 0.6 is 0 Å². The van der Waals surface area contributed by atoms with Crippen molar-refractivity contribution in [2.45, 2.75) is 32.1 Å². The van der Waals surface area contributed by atoms with E-state index >= 15 is 0 Å². The minimum absolute atomic E-state index is 0.550. The maximum Gasteiger partial charge on any atom is 0.213 e. The first-order chi connectivity index (χ1) is 9.78. The third-order valence-corrected chi connectivity index (χ3v) is 3.99. The fourth-order valence-corrected chi connectivity index (χ4v) is 2.64. The third-order valence-electron chi connectivity index (χ3n) is 3.99. The van der Waals surface area contributed by atoms with E-state index < -0.39 is 0 Å². The molecule has 0 spiro atoms. The van der Waals surface area contributed by atoms with Crippen LogP contribution in [0.3, 0.4) is 0 Å². The predicted octanol–water partition coefficient (Wildman–Crippen LogP) is 2.79. The Balaban J connectivity index is 1.58. The number of ether oxygens (including phenoxy) is 1. The van der Waals surface area contributed by atoms with Crippen molar-refractivity contribution in [2.75, 3.05) is 26.7 Å². The zero-order valence-electron chi connectivity index (χ0n) is 12.3. The third kappa shape index (κ3) is 4.93. The molecule has 20 heavy (non-hydrogen) atoms. The highest BCUT2D eigenvalue weighted by molar-refractivity contribution is 5.74. The van der Waals surface area contributed by atoms with Crippen LogP contribution in [0.2, 0.25) is 0 Å². The summed E-state index contributed by atoms with van der Waals surface area (Å²) in [7, 11) is 2.20. The Hall–Kier alpha value is -1.42. The standard InChI is InChI=1S/C16H24N2O2/c1-18-9-6-14(7-10-18)4-2-3-11-20-16-12-15(13-19)5-8-17-16/h5,8,12-14H,2-4,6-7,9-11H2,1H3. The van der Waals surface area contributed by atoms with Crippen molar-refractivity contribution in [3.05, 3.63) is 23.9 Å². The van der Waals surface area contributed by atoms with Crippen LogP contribution in [-0.4, -0.2) is 42.9 Å². The summed E-state index contributed by atoms with van der Waals surface area (Å²) in [5.41, 5.74) is 0.612. The van der Waals surface area contributed by atoms with E-state index in [1.54, 1.807) is 18.3 Å². The minimum atomic E-state index is 0.550. The number of carbonyl (C=O) groups excluding carboxylic acids is 1. The molecule has 2 heterocycles. The van der Waals surface area contributed by atoms with Gasteiger partial charge in [-0.25, -0.2) is 4.98 Å². The van der Waals surface area contributed by atoms with E-state index in [4.69, 9.17) is 4.74 Å². The lowest BCUT2D eigenvalue weighted by atomic mass is 9.92. The lowest BCUT2D eigenvalue weighted by Crippen LogP contribution is -2.30. The van der Waals surface area contributed by atoms with E-state index in [0.717, 1.165) is 18.6 Å². The van der Waals surface area contributed by atoms with Crippen LogP contribution in [0.4, 0.5) is 0 Å². The van der Waals surface area contributed by atoms with Gasteiger partial charge in [0.25, 0.3) is 0 Å². The summed E-state index contributed by atoms with van der Waals surface area (Å²) < 4.78 is 5.58. The SMILES string of the molecule is CN1CCC(CCCCOc2cc(C=O)ccn2)CC1. The van der Waals surface area contributed by atoms with Gasteiger partial charge in [-0.3, -0.25) is 4.79 Å². The van der Waals surface area contributed by atoms with Gasteiger partial charge in [0.2, 0.25) is 5.88 Å². The molecule has 0 atom stereocenters. The maximum absolute atomic E-state index is 10.6. The average Bonchev–Trinajstić information content (AvgIpc) is 2.49. The molecule has 0 unspecified atom stereocenters. The molecule has 1 fully saturated rings. The number of hydrogen-bond acceptors (Lipinski definition) is 4. The van der Waals surface area contributed by atoms with E-state index in [1.807, 2.05) is 0 Å². The first kappa shape index (κ1) is 15.0. The lowest BCUT2D eigenvalue weighted by molar-refractivity contribution is 0.112. The highest BCUT2D eigenvalue weighted by Gasteiger charge is 2.15. The van der Waals surface area contributed by atoms with Crippen molar-refractivity contribution in [2.24, 2.45) is 5.92 Å². The summed E-state index contributed by atoms with van der Waals surface area (Å²) in [5, 5.41) is 0. The van der Waals surface area contributed by atoms with Crippen LogP contribution in [0.5, 0.6) is 5.88 Å². The highest BCUT2D eigenvalue weighted by atomic mass is 16.5. The number of unbranched alkanes of at least 4 members (excludes halogenated alkanes) is 1. The summed E-state index contributed by atoms with van der Waals surface area (Å²) in [4.78, 5) is 17.2. The van der Waals surface area contributed by atoms with E-state index in [0.29, 0.717) is 18.1 Å². The first-order valence-electron chi connectivity index (χ1n) is 7.50. The number of hydrogen-bond donors (Lipinski definition) is 0. The number of nitrogens with zero attached hydrogens (tertiary/aromatic N) is 2. The normalized spacial score (nSPS) is 17.1. The second-order valence-corrected chi connectivity index (χ2v) is 5.64. The molecular formula is C16H24N2O2. The van der Waals surface area contributed by atoms with Gasteiger partial charge < -0.3 is 9.64 Å². The predicted molar refractivity (Wildman–Crippen MR) is 79.2 cm³/mol. The van der Waals surface area contributed by atoms with Crippen LogP contribution in [0.1, 0.15) is 42.5 Å². The van der Waals surface area contributed by atoms with Crippen molar-refractivity contribution in [3.8, 4) is 5.88 Å². The quantitative estimate of drug-likeness (QED) is 0.567. The Bertz CT molecular complexity index is 415. The fourth-order valence-electron chi connectivity index (χ4n) is 2.64. The van der Waals surface area contributed by atoms with Crippen molar-refractivity contribution in [1.82, 2.24) is 9.88 Å². The number of pyridine rings is 1. The zero-order valence-corrected chi connectivity index (χ0v) is 12.3. The topological polar surface area (TPSA) is 42.4 Å². The molecule has 0 aliphatic carbocycles. The molecule has 0 amide bonds. The Labute approximate surface area is 121 Å². The smallest absolute Gasteiger partial charge is 0.213 e. The minimum Gasteiger partial charge on any atom is -0.478 e. The van der Waals surface area contributed by atoms with Crippen LogP contribution in [0.25, 0.3) is 0 Å². The van der Waals surface area contributed by atoms with Crippen molar-refractivity contribution in [3.63, 3.8) is 0 Å². The number of rotatable bonds is 7. The highest BCUT2D eigenvalue weighted by Crippen LogP contribution is 2.21. The Morgan fingerprint density at radius 1 is 1.40 bits per heavy atom. The van der Waals surface area contributed by atoms with Gasteiger partial charge in [0.05, 0.1) is 6.61 Å². The molecule has 0 N–H and O–H groups in total. The van der Waals surface area contributed by atoms with Crippen molar-refractivity contribution >= 4 is 6.29 Å². The Morgan fingerprint density at radius 3 is 2.95 bits per heavy atom. The second-order valence-electron chi connectivity index (χ2n) is 5.64. The number of aldehydes is 1. The number of aromatic nitrogens is 1. The molecule has 0 aromatic carbocycles. The molecule has 4 nitrogen and oxygen atoms in total. The van der Waals surface area contributed by atoms with Crippen LogP contribution in [-0.2, 0) is 0 Å². The summed E-state index contributed by atoms with van der Waals surface area (Å²) >= 11 is 0. The van der Waals surface area contributed by atoms with E-state index in [9.17, 15) is 4.79 Å². The Morgan fingerprint density at radius 2 is 2.20 bits per heavy atom. The van der Waals surface area contributed by atoms with E-state index in [1.165, 1.54) is 38.8 Å². The van der Waals surface area contributed by atoms with Gasteiger partial charge in [-0.05, 0) is 57.8 Å². The second kappa shape index (κ2) is 8.00. The molecule has 0 bridgehead atoms. The monoisotopic (exact) mass is 276 g/mol. The summed E-state index contributed by atoms with van der Waals surface area (Å²) in [6.45, 7) is 3.16. The average molecular weight is 276 g/mol. The molecule has 1 aliphatic rings. The molecule has 1 aromatic rings. The van der Waals surface area contributed by atoms with Gasteiger partial charge in [-0.2, -0.15) is 0 Å². The molecule has 1 saturated heterocycles. The summed E-state index contributed by atoms with van der Waals surface area (Å²) in [6.07, 6.45) is 8.66. The van der Waals surface area contributed by atoms with Crippen molar-refractivity contribution in [1.29, 1.82) is 0 Å². The van der Waals surface area contributed by atoms with E-state index in [-0.39, 0.29) is 0 Å². The number of piperidine rings is 1. The first-order valence-corrected chi connectivity index (χ1v) is 7.50. The van der Waals surface area contributed by atoms with Gasteiger partial charge in [0.15, 0.2) is 0 Å². The van der Waals surface area contributed by atoms with Gasteiger partial charge in [0, 0.05) is 17.8 Å². The lowest BCUT2D eigenvalue weighted by Gasteiger charge is -2.28. The Kier molecular flexibility index (Phi) is 5.99. The van der Waals surface area contributed by atoms with Crippen LogP contribution in [0, 0.1) is 5.92 Å². The molecular weight excluding hydrogens is 252 g/mol. The van der Waals surface area contributed by atoms with Gasteiger partial charge >= 0.3 is 0 Å². The number of likely N-dealkylation sites (tertiary alicyclic amines) is 1. The largest absolute Gasteiger partial charge is 0.478 e. The molecule has 1 aromatic heterocycles. The van der Waals surface area contributed by atoms with Gasteiger partial charge in [-0.1, -0.05) is 6.42 Å². The zero-order chi connectivity index (χ0) is 14.2. The molecule has 110 valence electrons. The molecule has 2 rings (SSSR count). The van der Waals surface area contributed by atoms with Gasteiger partial charge in [0.1, 0.15) is 6.29 Å². The summed E-state index contributed by atoms with van der Waals surface area (Å²) in [6, 6.07) is 3.37. The van der Waals surface area contributed by atoms with Crippen LogP contribution in [0.15, 0.2) is 18.3 Å². The molecule has 1 aliphatic heterocycles. The maximum atomic E-state index is 10.6. The summed E-state index contributed by atoms with van der Waals surface area (Å²) in [5.74, 6) is 1.44.